The summed E-state index contributed by atoms with van der Waals surface area (Å²) in [5.41, 5.74) is 2.48. The van der Waals surface area contributed by atoms with Crippen LogP contribution in [0.2, 0.25) is 0 Å². The molecule has 0 saturated carbocycles. The number of halogens is 1. The van der Waals surface area contributed by atoms with Crippen molar-refractivity contribution in [1.82, 2.24) is 4.57 Å². The molecule has 1 atom stereocenters. The normalized spacial score (nSPS) is 12.6. The van der Waals surface area contributed by atoms with Crippen molar-refractivity contribution in [3.05, 3.63) is 39.8 Å². The molecule has 1 aromatic carbocycles. The molecule has 0 aliphatic carbocycles. The predicted molar refractivity (Wildman–Crippen MR) is 73.7 cm³/mol. The molecule has 0 aliphatic rings. The van der Waals surface area contributed by atoms with Crippen molar-refractivity contribution < 1.29 is 10.2 Å². The topological polar surface area (TPSA) is 49.8 Å². The fraction of sp³-hybridized carbons (Fsp3) is 0.308. The standard InChI is InChI=1S/C13H13BrN2O2/c1-8-3-13-10(4-12(8)15-2)11(14)6-16(13)5-9(18)7-17/h3-4,6,9,17-18H,5,7H2,1H3. The molecule has 4 nitrogen and oxygen atoms in total. The van der Waals surface area contributed by atoms with Crippen LogP contribution in [0.25, 0.3) is 15.7 Å². The number of hydrogen-bond donors (Lipinski definition) is 2. The highest BCUT2D eigenvalue weighted by atomic mass is 79.9. The van der Waals surface area contributed by atoms with E-state index in [2.05, 4.69) is 20.8 Å². The number of nitrogens with zero attached hydrogens (tertiary/aromatic N) is 2. The molecular formula is C13H13BrN2O2. The van der Waals surface area contributed by atoms with Crippen LogP contribution in [0, 0.1) is 13.5 Å². The van der Waals surface area contributed by atoms with Gasteiger partial charge in [-0.25, -0.2) is 4.85 Å². The van der Waals surface area contributed by atoms with E-state index in [9.17, 15) is 5.11 Å². The van der Waals surface area contributed by atoms with E-state index in [-0.39, 0.29) is 6.61 Å². The maximum absolute atomic E-state index is 9.52. The van der Waals surface area contributed by atoms with Crippen LogP contribution in [0.1, 0.15) is 5.56 Å². The average Bonchev–Trinajstić information content (AvgIpc) is 2.64. The van der Waals surface area contributed by atoms with Gasteiger partial charge in [0.2, 0.25) is 0 Å². The van der Waals surface area contributed by atoms with Crippen LogP contribution in [0.5, 0.6) is 0 Å². The molecule has 0 fully saturated rings. The fourth-order valence-corrected chi connectivity index (χ4v) is 2.51. The second-order valence-corrected chi connectivity index (χ2v) is 5.09. The van der Waals surface area contributed by atoms with Crippen molar-refractivity contribution >= 4 is 32.5 Å². The third kappa shape index (κ3) is 2.27. The summed E-state index contributed by atoms with van der Waals surface area (Å²) in [7, 11) is 0. The minimum absolute atomic E-state index is 0.267. The molecule has 2 N–H and O–H groups in total. The molecule has 18 heavy (non-hydrogen) atoms. The smallest absolute Gasteiger partial charge is 0.190 e. The van der Waals surface area contributed by atoms with E-state index < -0.39 is 6.10 Å². The summed E-state index contributed by atoms with van der Waals surface area (Å²) >= 11 is 3.45. The maximum Gasteiger partial charge on any atom is 0.190 e. The Kier molecular flexibility index (Phi) is 3.71. The van der Waals surface area contributed by atoms with Gasteiger partial charge in [-0.1, -0.05) is 0 Å². The monoisotopic (exact) mass is 308 g/mol. The number of fused-ring (bicyclic) bond motifs is 1. The number of aromatic nitrogens is 1. The lowest BCUT2D eigenvalue weighted by molar-refractivity contribution is 0.0822. The Labute approximate surface area is 113 Å². The lowest BCUT2D eigenvalue weighted by Gasteiger charge is -2.10. The molecule has 5 heteroatoms. The van der Waals surface area contributed by atoms with E-state index in [1.165, 1.54) is 0 Å². The lowest BCUT2D eigenvalue weighted by atomic mass is 10.1. The Hall–Kier alpha value is -1.35. The van der Waals surface area contributed by atoms with Crippen LogP contribution >= 0.6 is 15.9 Å². The third-order valence-corrected chi connectivity index (χ3v) is 3.52. The highest BCUT2D eigenvalue weighted by molar-refractivity contribution is 9.10. The molecule has 0 radical (unpaired) electrons. The van der Waals surface area contributed by atoms with Crippen molar-refractivity contribution in [2.45, 2.75) is 19.6 Å². The molecule has 0 saturated heterocycles. The van der Waals surface area contributed by atoms with Gasteiger partial charge in [-0.05, 0) is 40.5 Å². The first-order valence-corrected chi connectivity index (χ1v) is 6.31. The molecule has 0 aliphatic heterocycles. The van der Waals surface area contributed by atoms with Gasteiger partial charge in [0.25, 0.3) is 0 Å². The fourth-order valence-electron chi connectivity index (χ4n) is 1.94. The van der Waals surface area contributed by atoms with Gasteiger partial charge in [0.15, 0.2) is 5.69 Å². The van der Waals surface area contributed by atoms with Gasteiger partial charge in [-0.2, -0.15) is 0 Å². The van der Waals surface area contributed by atoms with Crippen LogP contribution in [-0.4, -0.2) is 27.5 Å². The highest BCUT2D eigenvalue weighted by Crippen LogP contribution is 2.32. The SMILES string of the molecule is [C-]#[N+]c1cc2c(Br)cn(CC(O)CO)c2cc1C. The first kappa shape index (κ1) is 13.1. The first-order chi connectivity index (χ1) is 8.56. The average molecular weight is 309 g/mol. The zero-order chi connectivity index (χ0) is 13.3. The zero-order valence-corrected chi connectivity index (χ0v) is 11.5. The van der Waals surface area contributed by atoms with Gasteiger partial charge in [0.05, 0.1) is 25.8 Å². The largest absolute Gasteiger partial charge is 0.394 e. The molecule has 2 aromatic rings. The Morgan fingerprint density at radius 3 is 2.83 bits per heavy atom. The first-order valence-electron chi connectivity index (χ1n) is 5.52. The van der Waals surface area contributed by atoms with Gasteiger partial charge < -0.3 is 14.8 Å². The second kappa shape index (κ2) is 5.11. The molecular weight excluding hydrogens is 296 g/mol. The predicted octanol–water partition coefficient (Wildman–Crippen LogP) is 2.62. The van der Waals surface area contributed by atoms with E-state index in [4.69, 9.17) is 11.7 Å². The minimum atomic E-state index is -0.784. The lowest BCUT2D eigenvalue weighted by Crippen LogP contribution is -2.19. The van der Waals surface area contributed by atoms with Crippen molar-refractivity contribution in [3.8, 4) is 0 Å². The number of aliphatic hydroxyl groups excluding tert-OH is 2. The van der Waals surface area contributed by atoms with Gasteiger partial charge >= 0.3 is 0 Å². The van der Waals surface area contributed by atoms with E-state index in [0.717, 1.165) is 20.9 Å². The Morgan fingerprint density at radius 2 is 2.22 bits per heavy atom. The Morgan fingerprint density at radius 1 is 1.50 bits per heavy atom. The molecule has 0 amide bonds. The van der Waals surface area contributed by atoms with E-state index in [1.807, 2.05) is 29.8 Å². The van der Waals surface area contributed by atoms with E-state index in [1.54, 1.807) is 0 Å². The number of benzene rings is 1. The zero-order valence-electron chi connectivity index (χ0n) is 9.89. The van der Waals surface area contributed by atoms with Gasteiger partial charge in [0.1, 0.15) is 0 Å². The third-order valence-electron chi connectivity index (χ3n) is 2.89. The van der Waals surface area contributed by atoms with Crippen LogP contribution in [0.4, 0.5) is 5.69 Å². The number of hydrogen-bond acceptors (Lipinski definition) is 2. The highest BCUT2D eigenvalue weighted by Gasteiger charge is 2.12. The second-order valence-electron chi connectivity index (χ2n) is 4.23. The van der Waals surface area contributed by atoms with Crippen LogP contribution in [-0.2, 0) is 6.54 Å². The van der Waals surface area contributed by atoms with E-state index in [0.29, 0.717) is 12.2 Å². The van der Waals surface area contributed by atoms with Gasteiger partial charge in [-0.3, -0.25) is 0 Å². The van der Waals surface area contributed by atoms with Crippen LogP contribution in [0.15, 0.2) is 22.8 Å². The molecule has 94 valence electrons. The molecule has 1 heterocycles. The Balaban J connectivity index is 2.57. The Bertz CT molecular complexity index is 628. The number of aliphatic hydroxyl groups is 2. The van der Waals surface area contributed by atoms with Gasteiger partial charge in [-0.15, -0.1) is 0 Å². The molecule has 1 aromatic heterocycles. The van der Waals surface area contributed by atoms with Crippen LogP contribution in [0.3, 0.4) is 0 Å². The van der Waals surface area contributed by atoms with Crippen LogP contribution < -0.4 is 0 Å². The van der Waals surface area contributed by atoms with Gasteiger partial charge in [0, 0.05) is 21.6 Å². The van der Waals surface area contributed by atoms with E-state index >= 15 is 0 Å². The summed E-state index contributed by atoms with van der Waals surface area (Å²) in [5, 5.41) is 19.4. The van der Waals surface area contributed by atoms with Crippen molar-refractivity contribution in [2.75, 3.05) is 6.61 Å². The summed E-state index contributed by atoms with van der Waals surface area (Å²) in [4.78, 5) is 3.48. The number of aryl methyl sites for hydroxylation is 1. The van der Waals surface area contributed by atoms with Crippen molar-refractivity contribution in [3.63, 3.8) is 0 Å². The molecule has 0 bridgehead atoms. The molecule has 0 spiro atoms. The summed E-state index contributed by atoms with van der Waals surface area (Å²) in [6.07, 6.45) is 1.07. The summed E-state index contributed by atoms with van der Waals surface area (Å²) < 4.78 is 2.76. The molecule has 1 unspecified atom stereocenters. The van der Waals surface area contributed by atoms with Crippen molar-refractivity contribution in [1.29, 1.82) is 0 Å². The van der Waals surface area contributed by atoms with Crippen molar-refractivity contribution in [2.24, 2.45) is 0 Å². The minimum Gasteiger partial charge on any atom is -0.394 e. The summed E-state index contributed by atoms with van der Waals surface area (Å²) in [6, 6.07) is 3.77. The quantitative estimate of drug-likeness (QED) is 0.856. The summed E-state index contributed by atoms with van der Waals surface area (Å²) in [5.74, 6) is 0. The summed E-state index contributed by atoms with van der Waals surface area (Å²) in [6.45, 7) is 9.06. The molecule has 2 rings (SSSR count). The maximum atomic E-state index is 9.52. The number of rotatable bonds is 3.